The molecule has 6 nitrogen and oxygen atoms in total. The first kappa shape index (κ1) is 18.3. The Morgan fingerprint density at radius 1 is 1.39 bits per heavy atom. The highest BCUT2D eigenvalue weighted by Gasteiger charge is 2.26. The number of hydrogen-bond acceptors (Lipinski definition) is 6. The molecule has 2 rings (SSSR count). The zero-order valence-electron chi connectivity index (χ0n) is 14.1. The quantitative estimate of drug-likeness (QED) is 0.675. The van der Waals surface area contributed by atoms with Gasteiger partial charge in [0, 0.05) is 13.0 Å². The number of carbonyl (C=O) groups is 1. The monoisotopic (exact) mass is 340 g/mol. The van der Waals surface area contributed by atoms with Gasteiger partial charge in [-0.05, 0) is 32.2 Å². The maximum atomic E-state index is 12.1. The third-order valence-electron chi connectivity index (χ3n) is 4.29. The fourth-order valence-corrected chi connectivity index (χ4v) is 3.83. The molecule has 130 valence electrons. The molecule has 7 heteroatoms. The summed E-state index contributed by atoms with van der Waals surface area (Å²) in [5.41, 5.74) is 0. The summed E-state index contributed by atoms with van der Waals surface area (Å²) >= 11 is 1.46. The van der Waals surface area contributed by atoms with Crippen LogP contribution in [0.2, 0.25) is 0 Å². The largest absolute Gasteiger partial charge is 0.393 e. The zero-order chi connectivity index (χ0) is 16.7. The fourth-order valence-electron chi connectivity index (χ4n) is 3.03. The molecule has 0 aliphatic heterocycles. The lowest BCUT2D eigenvalue weighted by Crippen LogP contribution is -2.35. The number of nitrogens with zero attached hydrogens (tertiary/aromatic N) is 3. The normalized spacial score (nSPS) is 21.0. The number of rotatable bonds is 9. The molecule has 0 radical (unpaired) electrons. The molecule has 2 N–H and O–H groups in total. The number of aryl methyl sites for hydroxylation is 1. The molecule has 2 atom stereocenters. The number of nitrogens with one attached hydrogen (secondary N) is 1. The van der Waals surface area contributed by atoms with Gasteiger partial charge in [-0.25, -0.2) is 0 Å². The third-order valence-corrected chi connectivity index (χ3v) is 5.18. The highest BCUT2D eigenvalue weighted by atomic mass is 32.1. The predicted molar refractivity (Wildman–Crippen MR) is 92.6 cm³/mol. The van der Waals surface area contributed by atoms with Gasteiger partial charge in [-0.15, -0.1) is 10.2 Å². The molecule has 1 fully saturated rings. The average Bonchev–Trinajstić information content (AvgIpc) is 3.09. The summed E-state index contributed by atoms with van der Waals surface area (Å²) in [6.07, 6.45) is 7.23. The number of aromatic nitrogens is 2. The molecule has 1 aromatic heterocycles. The summed E-state index contributed by atoms with van der Waals surface area (Å²) in [6.45, 7) is 3.24. The Bertz CT molecular complexity index is 494. The van der Waals surface area contributed by atoms with Gasteiger partial charge in [0.2, 0.25) is 11.0 Å². The molecule has 0 aromatic carbocycles. The van der Waals surface area contributed by atoms with Crippen LogP contribution in [0.4, 0.5) is 5.13 Å². The van der Waals surface area contributed by atoms with E-state index >= 15 is 0 Å². The first-order valence-corrected chi connectivity index (χ1v) is 9.39. The van der Waals surface area contributed by atoms with Crippen LogP contribution in [0.15, 0.2) is 0 Å². The lowest BCUT2D eigenvalue weighted by atomic mass is 10.1. The van der Waals surface area contributed by atoms with Crippen LogP contribution in [0, 0.1) is 5.92 Å². The number of aliphatic hydroxyl groups excluding tert-OH is 1. The molecule has 1 amide bonds. The van der Waals surface area contributed by atoms with Crippen LogP contribution in [0.25, 0.3) is 0 Å². The Hall–Kier alpha value is -1.05. The van der Waals surface area contributed by atoms with Crippen molar-refractivity contribution in [2.75, 3.05) is 25.5 Å². The molecule has 1 aliphatic carbocycles. The summed E-state index contributed by atoms with van der Waals surface area (Å²) in [4.78, 5) is 14.0. The Morgan fingerprint density at radius 2 is 2.22 bits per heavy atom. The minimum Gasteiger partial charge on any atom is -0.393 e. The number of likely N-dealkylation sites (N-methyl/N-ethyl adjacent to an activating group) is 1. The molecule has 1 heterocycles. The van der Waals surface area contributed by atoms with Crippen molar-refractivity contribution in [2.45, 2.75) is 58.0 Å². The molecular formula is C16H28N4O2S. The summed E-state index contributed by atoms with van der Waals surface area (Å²) in [5, 5.41) is 22.4. The highest BCUT2D eigenvalue weighted by Crippen LogP contribution is 2.26. The van der Waals surface area contributed by atoms with E-state index in [1.165, 1.54) is 24.2 Å². The van der Waals surface area contributed by atoms with E-state index in [9.17, 15) is 9.90 Å². The van der Waals surface area contributed by atoms with Crippen LogP contribution in [0.1, 0.15) is 50.5 Å². The second kappa shape index (κ2) is 9.30. The Morgan fingerprint density at radius 3 is 2.91 bits per heavy atom. The summed E-state index contributed by atoms with van der Waals surface area (Å²) in [5.74, 6) is 0.218. The van der Waals surface area contributed by atoms with Crippen molar-refractivity contribution in [1.82, 2.24) is 15.1 Å². The number of unbranched alkanes of at least 4 members (excludes halogenated alkanes) is 2. The van der Waals surface area contributed by atoms with Crippen LogP contribution in [0.5, 0.6) is 0 Å². The van der Waals surface area contributed by atoms with Gasteiger partial charge in [-0.2, -0.15) is 0 Å². The second-order valence-electron chi connectivity index (χ2n) is 6.46. The Kier molecular flexibility index (Phi) is 7.39. The Balaban J connectivity index is 1.71. The van der Waals surface area contributed by atoms with Crippen molar-refractivity contribution in [3.8, 4) is 0 Å². The molecule has 1 aliphatic rings. The number of anilines is 1. The standard InChI is InChI=1S/C16H28N4O2S/c1-3-4-5-9-15-18-19-16(23-15)17-14(22)11-20(2)10-12-7-6-8-13(12)21/h12-13,21H,3-11H2,1-2H3,(H,17,19,22). The smallest absolute Gasteiger partial charge is 0.240 e. The van der Waals surface area contributed by atoms with Crippen LogP contribution in [-0.4, -0.2) is 52.4 Å². The van der Waals surface area contributed by atoms with Crippen LogP contribution in [0.3, 0.4) is 0 Å². The van der Waals surface area contributed by atoms with Gasteiger partial charge >= 0.3 is 0 Å². The Labute approximate surface area is 142 Å². The minimum absolute atomic E-state index is 0.0729. The van der Waals surface area contributed by atoms with E-state index in [0.29, 0.717) is 17.6 Å². The van der Waals surface area contributed by atoms with E-state index in [1.807, 2.05) is 11.9 Å². The van der Waals surface area contributed by atoms with E-state index in [4.69, 9.17) is 0 Å². The number of aliphatic hydroxyl groups is 1. The molecule has 23 heavy (non-hydrogen) atoms. The molecule has 2 unspecified atom stereocenters. The SMILES string of the molecule is CCCCCc1nnc(NC(=O)CN(C)CC2CCCC2O)s1. The predicted octanol–water partition coefficient (Wildman–Crippen LogP) is 2.30. The maximum Gasteiger partial charge on any atom is 0.240 e. The fraction of sp³-hybridized carbons (Fsp3) is 0.812. The van der Waals surface area contributed by atoms with E-state index in [1.54, 1.807) is 0 Å². The molecule has 1 aromatic rings. The van der Waals surface area contributed by atoms with Gasteiger partial charge in [-0.3, -0.25) is 15.0 Å². The van der Waals surface area contributed by atoms with Crippen molar-refractivity contribution in [1.29, 1.82) is 0 Å². The van der Waals surface area contributed by atoms with Gasteiger partial charge in [0.1, 0.15) is 5.01 Å². The summed E-state index contributed by atoms with van der Waals surface area (Å²) < 4.78 is 0. The van der Waals surface area contributed by atoms with Gasteiger partial charge in [0.15, 0.2) is 0 Å². The van der Waals surface area contributed by atoms with Crippen molar-refractivity contribution in [3.05, 3.63) is 5.01 Å². The zero-order valence-corrected chi connectivity index (χ0v) is 14.9. The van der Waals surface area contributed by atoms with Gasteiger partial charge in [0.25, 0.3) is 0 Å². The van der Waals surface area contributed by atoms with Gasteiger partial charge in [-0.1, -0.05) is 37.5 Å². The maximum absolute atomic E-state index is 12.1. The topological polar surface area (TPSA) is 78.4 Å². The van der Waals surface area contributed by atoms with E-state index < -0.39 is 0 Å². The van der Waals surface area contributed by atoms with E-state index in [-0.39, 0.29) is 12.0 Å². The molecular weight excluding hydrogens is 312 g/mol. The van der Waals surface area contributed by atoms with Gasteiger partial charge in [0.05, 0.1) is 12.6 Å². The lowest BCUT2D eigenvalue weighted by Gasteiger charge is -2.22. The molecule has 0 bridgehead atoms. The number of carbonyl (C=O) groups excluding carboxylic acids is 1. The first-order valence-electron chi connectivity index (χ1n) is 8.57. The second-order valence-corrected chi connectivity index (χ2v) is 7.52. The van der Waals surface area contributed by atoms with E-state index in [2.05, 4.69) is 22.4 Å². The summed E-state index contributed by atoms with van der Waals surface area (Å²) in [7, 11) is 1.92. The summed E-state index contributed by atoms with van der Waals surface area (Å²) in [6, 6.07) is 0. The highest BCUT2D eigenvalue weighted by molar-refractivity contribution is 7.15. The van der Waals surface area contributed by atoms with Gasteiger partial charge < -0.3 is 5.11 Å². The van der Waals surface area contributed by atoms with Crippen LogP contribution >= 0.6 is 11.3 Å². The molecule has 0 saturated heterocycles. The van der Waals surface area contributed by atoms with Crippen molar-refractivity contribution in [2.24, 2.45) is 5.92 Å². The number of hydrogen-bond donors (Lipinski definition) is 2. The molecule has 1 saturated carbocycles. The van der Waals surface area contributed by atoms with Crippen LogP contribution in [-0.2, 0) is 11.2 Å². The minimum atomic E-state index is -0.214. The van der Waals surface area contributed by atoms with Crippen molar-refractivity contribution in [3.63, 3.8) is 0 Å². The first-order chi connectivity index (χ1) is 11.1. The van der Waals surface area contributed by atoms with Crippen molar-refractivity contribution >= 4 is 22.4 Å². The number of amides is 1. The third kappa shape index (κ3) is 6.16. The van der Waals surface area contributed by atoms with E-state index in [0.717, 1.165) is 43.7 Å². The average molecular weight is 340 g/mol. The van der Waals surface area contributed by atoms with Crippen LogP contribution < -0.4 is 5.32 Å². The molecule has 0 spiro atoms. The van der Waals surface area contributed by atoms with Crippen molar-refractivity contribution < 1.29 is 9.90 Å². The lowest BCUT2D eigenvalue weighted by molar-refractivity contribution is -0.117.